The molecule has 0 bridgehead atoms. The summed E-state index contributed by atoms with van der Waals surface area (Å²) in [4.78, 5) is 23.1. The summed E-state index contributed by atoms with van der Waals surface area (Å²) in [5.41, 5.74) is 0.145. The molecule has 2 aromatic rings. The van der Waals surface area contributed by atoms with Crippen LogP contribution in [-0.4, -0.2) is 18.5 Å². The Bertz CT molecular complexity index is 658. The molecule has 0 aliphatic rings. The highest BCUT2D eigenvalue weighted by molar-refractivity contribution is 5.95. The van der Waals surface area contributed by atoms with Crippen LogP contribution in [0.1, 0.15) is 10.4 Å². The maximum atomic E-state index is 13.3. The number of halogens is 1. The number of anilines is 1. The van der Waals surface area contributed by atoms with E-state index in [0.717, 1.165) is 12.4 Å². The van der Waals surface area contributed by atoms with Crippen LogP contribution in [0, 0.1) is 11.0 Å². The molecule has 7 heteroatoms. The summed E-state index contributed by atoms with van der Waals surface area (Å²) in [6, 6.07) is 8.17. The summed E-state index contributed by atoms with van der Waals surface area (Å²) in [5.74, 6) is -2.00. The Labute approximate surface area is 119 Å². The first-order valence-corrected chi connectivity index (χ1v) is 5.96. The van der Waals surface area contributed by atoms with Gasteiger partial charge in [-0.15, -0.1) is 0 Å². The number of aromatic nitrogens is 1. The van der Waals surface area contributed by atoms with Gasteiger partial charge in [0.05, 0.1) is 11.3 Å². The van der Waals surface area contributed by atoms with Crippen LogP contribution < -0.4 is 10.0 Å². The molecule has 0 aliphatic heterocycles. The number of nitrogens with one attached hydrogen (secondary N) is 1. The van der Waals surface area contributed by atoms with E-state index in [4.69, 9.17) is 4.74 Å². The van der Waals surface area contributed by atoms with Gasteiger partial charge in [0.15, 0.2) is 19.0 Å². The number of hydrogen-bond acceptors (Lipinski definition) is 4. The molecule has 0 saturated heterocycles. The minimum Gasteiger partial charge on any atom is -0.619 e. The predicted octanol–water partition coefficient (Wildman–Crippen LogP) is 1.25. The molecule has 2 rings (SSSR count). The van der Waals surface area contributed by atoms with Crippen LogP contribution in [0.25, 0.3) is 0 Å². The monoisotopic (exact) mass is 290 g/mol. The van der Waals surface area contributed by atoms with Gasteiger partial charge in [-0.1, -0.05) is 12.1 Å². The second-order valence-corrected chi connectivity index (χ2v) is 4.05. The van der Waals surface area contributed by atoms with E-state index in [9.17, 15) is 19.2 Å². The van der Waals surface area contributed by atoms with Crippen LogP contribution >= 0.6 is 0 Å². The fourth-order valence-electron chi connectivity index (χ4n) is 1.51. The van der Waals surface area contributed by atoms with Gasteiger partial charge in [0.25, 0.3) is 5.91 Å². The first kappa shape index (κ1) is 14.4. The predicted molar refractivity (Wildman–Crippen MR) is 70.7 cm³/mol. The van der Waals surface area contributed by atoms with Crippen LogP contribution in [0.5, 0.6) is 0 Å². The Morgan fingerprint density at radius 3 is 2.52 bits per heavy atom. The number of carbonyl (C=O) groups is 2. The zero-order chi connectivity index (χ0) is 15.2. The molecule has 0 radical (unpaired) electrons. The highest BCUT2D eigenvalue weighted by atomic mass is 19.1. The van der Waals surface area contributed by atoms with Crippen LogP contribution in [0.15, 0.2) is 48.8 Å². The normalized spacial score (nSPS) is 9.95. The third kappa shape index (κ3) is 4.00. The van der Waals surface area contributed by atoms with E-state index in [2.05, 4.69) is 5.32 Å². The zero-order valence-corrected chi connectivity index (χ0v) is 10.8. The van der Waals surface area contributed by atoms with E-state index in [1.807, 2.05) is 0 Å². The van der Waals surface area contributed by atoms with E-state index >= 15 is 0 Å². The smallest absolute Gasteiger partial charge is 0.339 e. The van der Waals surface area contributed by atoms with Gasteiger partial charge in [-0.25, -0.2) is 9.18 Å². The van der Waals surface area contributed by atoms with Crippen molar-refractivity contribution < 1.29 is 23.4 Å². The molecule has 6 nitrogen and oxygen atoms in total. The summed E-state index contributed by atoms with van der Waals surface area (Å²) >= 11 is 0. The first-order valence-electron chi connectivity index (χ1n) is 5.96. The van der Waals surface area contributed by atoms with Crippen LogP contribution in [0.2, 0.25) is 0 Å². The molecule has 0 unspecified atom stereocenters. The number of benzene rings is 1. The summed E-state index contributed by atoms with van der Waals surface area (Å²) in [6.07, 6.45) is 2.27. The number of amides is 1. The van der Waals surface area contributed by atoms with Crippen molar-refractivity contribution >= 4 is 17.6 Å². The van der Waals surface area contributed by atoms with Crippen LogP contribution in [0.3, 0.4) is 0 Å². The molecule has 1 aromatic heterocycles. The number of hydrogen-bond donors (Lipinski definition) is 1. The molecule has 1 N–H and O–H groups in total. The number of carbonyl (C=O) groups excluding carboxylic acids is 2. The molecule has 1 aromatic carbocycles. The van der Waals surface area contributed by atoms with Gasteiger partial charge in [0, 0.05) is 12.1 Å². The maximum absolute atomic E-state index is 13.3. The van der Waals surface area contributed by atoms with E-state index in [0.29, 0.717) is 4.73 Å². The molecule has 0 saturated carbocycles. The van der Waals surface area contributed by atoms with Gasteiger partial charge in [0.2, 0.25) is 0 Å². The molecule has 21 heavy (non-hydrogen) atoms. The number of nitrogens with zero attached hydrogens (tertiary/aromatic N) is 1. The quantitative estimate of drug-likeness (QED) is 0.522. The lowest BCUT2D eigenvalue weighted by atomic mass is 10.3. The highest BCUT2D eigenvalue weighted by Gasteiger charge is 2.12. The van der Waals surface area contributed by atoms with Crippen molar-refractivity contribution in [2.75, 3.05) is 11.9 Å². The fraction of sp³-hybridized carbons (Fsp3) is 0.0714. The van der Waals surface area contributed by atoms with Gasteiger partial charge >= 0.3 is 5.97 Å². The second kappa shape index (κ2) is 6.47. The van der Waals surface area contributed by atoms with E-state index in [1.165, 1.54) is 30.3 Å². The minimum atomic E-state index is -0.751. The van der Waals surface area contributed by atoms with Gasteiger partial charge in [-0.05, 0) is 12.1 Å². The lowest BCUT2D eigenvalue weighted by Crippen LogP contribution is -2.25. The molecule has 0 spiro atoms. The summed E-state index contributed by atoms with van der Waals surface area (Å²) in [6.45, 7) is -0.556. The Hall–Kier alpha value is -2.96. The summed E-state index contributed by atoms with van der Waals surface area (Å²) < 4.78 is 18.6. The number of pyridine rings is 1. The van der Waals surface area contributed by atoms with Gasteiger partial charge in [-0.3, -0.25) is 4.79 Å². The number of ether oxygens (including phenoxy) is 1. The van der Waals surface area contributed by atoms with Crippen molar-refractivity contribution in [1.29, 1.82) is 0 Å². The third-order valence-corrected chi connectivity index (χ3v) is 2.52. The van der Waals surface area contributed by atoms with Crippen molar-refractivity contribution in [2.45, 2.75) is 0 Å². The summed E-state index contributed by atoms with van der Waals surface area (Å²) in [7, 11) is 0. The number of rotatable bonds is 4. The lowest BCUT2D eigenvalue weighted by molar-refractivity contribution is -0.605. The lowest BCUT2D eigenvalue weighted by Gasteiger charge is -2.07. The second-order valence-electron chi connectivity index (χ2n) is 4.05. The summed E-state index contributed by atoms with van der Waals surface area (Å²) in [5, 5.41) is 13.1. The van der Waals surface area contributed by atoms with Gasteiger partial charge in [0.1, 0.15) is 5.82 Å². The Kier molecular flexibility index (Phi) is 4.45. The van der Waals surface area contributed by atoms with E-state index in [-0.39, 0.29) is 11.3 Å². The zero-order valence-electron chi connectivity index (χ0n) is 10.8. The van der Waals surface area contributed by atoms with Crippen molar-refractivity contribution in [2.24, 2.45) is 0 Å². The molecular weight excluding hydrogens is 279 g/mol. The fourth-order valence-corrected chi connectivity index (χ4v) is 1.51. The third-order valence-electron chi connectivity index (χ3n) is 2.52. The average molecular weight is 290 g/mol. The first-order chi connectivity index (χ1) is 10.1. The SMILES string of the molecule is O=C(COC(=O)c1cc[n+]([O-])cc1)Nc1ccccc1F. The van der Waals surface area contributed by atoms with E-state index < -0.39 is 24.3 Å². The number of esters is 1. The van der Waals surface area contributed by atoms with E-state index in [1.54, 1.807) is 6.07 Å². The molecule has 0 fully saturated rings. The largest absolute Gasteiger partial charge is 0.619 e. The highest BCUT2D eigenvalue weighted by Crippen LogP contribution is 2.12. The molecular formula is C14H11FN2O4. The van der Waals surface area contributed by atoms with Crippen molar-refractivity contribution in [3.05, 3.63) is 65.4 Å². The molecule has 0 aliphatic carbocycles. The van der Waals surface area contributed by atoms with Gasteiger partial charge < -0.3 is 15.3 Å². The van der Waals surface area contributed by atoms with Crippen LogP contribution in [0.4, 0.5) is 10.1 Å². The Morgan fingerprint density at radius 1 is 1.19 bits per heavy atom. The standard InChI is InChI=1S/C14H11FN2O4/c15-11-3-1-2-4-12(11)16-13(18)9-21-14(19)10-5-7-17(20)8-6-10/h1-8H,9H2,(H,16,18). The topological polar surface area (TPSA) is 82.3 Å². The molecule has 1 heterocycles. The van der Waals surface area contributed by atoms with Crippen molar-refractivity contribution in [1.82, 2.24) is 0 Å². The molecule has 1 amide bonds. The number of para-hydroxylation sites is 1. The average Bonchev–Trinajstić information content (AvgIpc) is 2.48. The van der Waals surface area contributed by atoms with Crippen molar-refractivity contribution in [3.63, 3.8) is 0 Å². The minimum absolute atomic E-state index is 0.00524. The molecule has 108 valence electrons. The van der Waals surface area contributed by atoms with Crippen LogP contribution in [-0.2, 0) is 9.53 Å². The van der Waals surface area contributed by atoms with Gasteiger partial charge in [-0.2, -0.15) is 4.73 Å². The maximum Gasteiger partial charge on any atom is 0.339 e. The van der Waals surface area contributed by atoms with Crippen molar-refractivity contribution in [3.8, 4) is 0 Å². The Morgan fingerprint density at radius 2 is 1.86 bits per heavy atom. The molecule has 0 atom stereocenters. The Balaban J connectivity index is 1.88.